The van der Waals surface area contributed by atoms with Crippen LogP contribution in [0.1, 0.15) is 24.3 Å². The second-order valence-corrected chi connectivity index (χ2v) is 3.63. The van der Waals surface area contributed by atoms with Crippen LogP contribution in [0.3, 0.4) is 0 Å². The van der Waals surface area contributed by atoms with E-state index < -0.39 is 0 Å². The van der Waals surface area contributed by atoms with E-state index in [9.17, 15) is 4.79 Å². The maximum absolute atomic E-state index is 11.8. The maximum atomic E-state index is 11.8. The fourth-order valence-corrected chi connectivity index (χ4v) is 1.37. The molecule has 1 aromatic rings. The molecule has 94 valence electrons. The average molecular weight is 237 g/mol. The highest BCUT2D eigenvalue weighted by atomic mass is 16.5. The smallest absolute Gasteiger partial charge is 0.270 e. The van der Waals surface area contributed by atoms with Crippen LogP contribution in [0, 0.1) is 0 Å². The lowest BCUT2D eigenvalue weighted by Gasteiger charge is -2.12. The number of aromatic nitrogens is 1. The first-order valence-corrected chi connectivity index (χ1v) is 5.72. The molecule has 1 amide bonds. The monoisotopic (exact) mass is 237 g/mol. The highest BCUT2D eigenvalue weighted by Gasteiger charge is 2.09. The van der Waals surface area contributed by atoms with E-state index in [0.29, 0.717) is 24.7 Å². The number of pyridine rings is 1. The third kappa shape index (κ3) is 4.40. The van der Waals surface area contributed by atoms with E-state index >= 15 is 0 Å². The van der Waals surface area contributed by atoms with E-state index in [1.807, 2.05) is 13.8 Å². The Kier molecular flexibility index (Phi) is 5.42. The SMILES string of the molecule is CCOC(C)CNC(=O)c1cccc(NC)n1. The van der Waals surface area contributed by atoms with Crippen LogP contribution < -0.4 is 10.6 Å². The summed E-state index contributed by atoms with van der Waals surface area (Å²) in [5.41, 5.74) is 0.403. The molecule has 0 aromatic carbocycles. The van der Waals surface area contributed by atoms with Crippen molar-refractivity contribution in [2.24, 2.45) is 0 Å². The quantitative estimate of drug-likeness (QED) is 0.782. The third-order valence-corrected chi connectivity index (χ3v) is 2.24. The van der Waals surface area contributed by atoms with Gasteiger partial charge in [0.05, 0.1) is 6.10 Å². The summed E-state index contributed by atoms with van der Waals surface area (Å²) in [6, 6.07) is 5.28. The molecule has 0 aliphatic heterocycles. The van der Waals surface area contributed by atoms with Crippen LogP contribution in [0.25, 0.3) is 0 Å². The van der Waals surface area contributed by atoms with Gasteiger partial charge in [0.1, 0.15) is 11.5 Å². The lowest BCUT2D eigenvalue weighted by Crippen LogP contribution is -2.32. The number of carbonyl (C=O) groups is 1. The van der Waals surface area contributed by atoms with Gasteiger partial charge in [-0.2, -0.15) is 0 Å². The molecule has 0 bridgehead atoms. The normalized spacial score (nSPS) is 11.9. The van der Waals surface area contributed by atoms with Crippen molar-refractivity contribution in [2.75, 3.05) is 25.5 Å². The van der Waals surface area contributed by atoms with Crippen LogP contribution in [0.2, 0.25) is 0 Å². The van der Waals surface area contributed by atoms with Gasteiger partial charge in [-0.3, -0.25) is 4.79 Å². The number of hydrogen-bond donors (Lipinski definition) is 2. The van der Waals surface area contributed by atoms with Gasteiger partial charge in [0.25, 0.3) is 5.91 Å². The van der Waals surface area contributed by atoms with Gasteiger partial charge < -0.3 is 15.4 Å². The third-order valence-electron chi connectivity index (χ3n) is 2.24. The predicted octanol–water partition coefficient (Wildman–Crippen LogP) is 1.28. The van der Waals surface area contributed by atoms with E-state index in [0.717, 1.165) is 0 Å². The highest BCUT2D eigenvalue weighted by Crippen LogP contribution is 2.03. The van der Waals surface area contributed by atoms with Crippen molar-refractivity contribution in [3.63, 3.8) is 0 Å². The van der Waals surface area contributed by atoms with Gasteiger partial charge in [0.2, 0.25) is 0 Å². The number of nitrogens with one attached hydrogen (secondary N) is 2. The van der Waals surface area contributed by atoms with E-state index in [4.69, 9.17) is 4.74 Å². The van der Waals surface area contributed by atoms with E-state index in [1.165, 1.54) is 0 Å². The topological polar surface area (TPSA) is 63.2 Å². The molecule has 1 atom stereocenters. The number of rotatable bonds is 6. The molecule has 0 saturated heterocycles. The predicted molar refractivity (Wildman–Crippen MR) is 67.2 cm³/mol. The number of carbonyl (C=O) groups excluding carboxylic acids is 1. The Morgan fingerprint density at radius 3 is 2.94 bits per heavy atom. The summed E-state index contributed by atoms with van der Waals surface area (Å²) in [5, 5.41) is 5.67. The minimum atomic E-state index is -0.186. The lowest BCUT2D eigenvalue weighted by molar-refractivity contribution is 0.0693. The summed E-state index contributed by atoms with van der Waals surface area (Å²) in [4.78, 5) is 15.9. The molecular formula is C12H19N3O2. The van der Waals surface area contributed by atoms with Crippen LogP contribution in [0.5, 0.6) is 0 Å². The molecule has 5 nitrogen and oxygen atoms in total. The Balaban J connectivity index is 2.51. The van der Waals surface area contributed by atoms with Gasteiger partial charge in [0.15, 0.2) is 0 Å². The molecule has 0 spiro atoms. The molecule has 1 aromatic heterocycles. The van der Waals surface area contributed by atoms with Gasteiger partial charge >= 0.3 is 0 Å². The van der Waals surface area contributed by atoms with Crippen molar-refractivity contribution < 1.29 is 9.53 Å². The van der Waals surface area contributed by atoms with Crippen LogP contribution in [-0.4, -0.2) is 37.2 Å². The molecular weight excluding hydrogens is 218 g/mol. The number of ether oxygens (including phenoxy) is 1. The number of nitrogens with zero attached hydrogens (tertiary/aromatic N) is 1. The molecule has 0 saturated carbocycles. The van der Waals surface area contributed by atoms with Crippen molar-refractivity contribution in [3.05, 3.63) is 23.9 Å². The van der Waals surface area contributed by atoms with Crippen LogP contribution in [0.4, 0.5) is 5.82 Å². The molecule has 0 aliphatic carbocycles. The average Bonchev–Trinajstić information content (AvgIpc) is 2.36. The molecule has 17 heavy (non-hydrogen) atoms. The minimum Gasteiger partial charge on any atom is -0.377 e. The van der Waals surface area contributed by atoms with Gasteiger partial charge in [-0.15, -0.1) is 0 Å². The van der Waals surface area contributed by atoms with Crippen LogP contribution >= 0.6 is 0 Å². The molecule has 2 N–H and O–H groups in total. The molecule has 1 heterocycles. The van der Waals surface area contributed by atoms with Crippen LogP contribution in [0.15, 0.2) is 18.2 Å². The Labute approximate surface area is 102 Å². The van der Waals surface area contributed by atoms with Crippen LogP contribution in [-0.2, 0) is 4.74 Å². The lowest BCUT2D eigenvalue weighted by atomic mass is 10.3. The standard InChI is InChI=1S/C12H19N3O2/c1-4-17-9(2)8-14-12(16)10-6-5-7-11(13-3)15-10/h5-7,9H,4,8H2,1-3H3,(H,13,15)(H,14,16). The fraction of sp³-hybridized carbons (Fsp3) is 0.500. The molecule has 0 radical (unpaired) electrons. The van der Waals surface area contributed by atoms with E-state index in [-0.39, 0.29) is 12.0 Å². The van der Waals surface area contributed by atoms with Crippen molar-refractivity contribution >= 4 is 11.7 Å². The molecule has 1 unspecified atom stereocenters. The first-order valence-electron chi connectivity index (χ1n) is 5.72. The summed E-state index contributed by atoms with van der Waals surface area (Å²) in [5.74, 6) is 0.490. The summed E-state index contributed by atoms with van der Waals surface area (Å²) in [7, 11) is 1.77. The highest BCUT2D eigenvalue weighted by molar-refractivity contribution is 5.92. The number of anilines is 1. The van der Waals surface area contributed by atoms with E-state index in [1.54, 1.807) is 25.2 Å². The zero-order chi connectivity index (χ0) is 12.7. The van der Waals surface area contributed by atoms with Crippen molar-refractivity contribution in [2.45, 2.75) is 20.0 Å². The second-order valence-electron chi connectivity index (χ2n) is 3.63. The molecule has 1 rings (SSSR count). The van der Waals surface area contributed by atoms with Crippen molar-refractivity contribution in [1.29, 1.82) is 0 Å². The molecule has 5 heteroatoms. The Morgan fingerprint density at radius 2 is 2.29 bits per heavy atom. The first-order chi connectivity index (χ1) is 8.17. The van der Waals surface area contributed by atoms with Gasteiger partial charge in [-0.25, -0.2) is 4.98 Å². The summed E-state index contributed by atoms with van der Waals surface area (Å²) in [6.07, 6.45) is 0.0106. The Bertz CT molecular complexity index is 369. The van der Waals surface area contributed by atoms with Gasteiger partial charge in [-0.1, -0.05) is 6.07 Å². The zero-order valence-corrected chi connectivity index (χ0v) is 10.5. The molecule has 0 aliphatic rings. The molecule has 0 fully saturated rings. The first kappa shape index (κ1) is 13.4. The summed E-state index contributed by atoms with van der Waals surface area (Å²) >= 11 is 0. The zero-order valence-electron chi connectivity index (χ0n) is 10.5. The Morgan fingerprint density at radius 1 is 1.53 bits per heavy atom. The number of amides is 1. The largest absolute Gasteiger partial charge is 0.377 e. The second kappa shape index (κ2) is 6.85. The Hall–Kier alpha value is -1.62. The van der Waals surface area contributed by atoms with Crippen molar-refractivity contribution in [3.8, 4) is 0 Å². The minimum absolute atomic E-state index is 0.0106. The van der Waals surface area contributed by atoms with E-state index in [2.05, 4.69) is 15.6 Å². The summed E-state index contributed by atoms with van der Waals surface area (Å²) in [6.45, 7) is 4.97. The fourth-order valence-electron chi connectivity index (χ4n) is 1.37. The summed E-state index contributed by atoms with van der Waals surface area (Å²) < 4.78 is 5.33. The van der Waals surface area contributed by atoms with Gasteiger partial charge in [0, 0.05) is 20.2 Å². The number of hydrogen-bond acceptors (Lipinski definition) is 4. The maximum Gasteiger partial charge on any atom is 0.270 e. The van der Waals surface area contributed by atoms with Crippen molar-refractivity contribution in [1.82, 2.24) is 10.3 Å². The van der Waals surface area contributed by atoms with Gasteiger partial charge in [-0.05, 0) is 26.0 Å².